The molecule has 0 aliphatic carbocycles. The van der Waals surface area contributed by atoms with Crippen LogP contribution in [0.15, 0.2) is 30.3 Å². The van der Waals surface area contributed by atoms with Gasteiger partial charge in [-0.2, -0.15) is 0 Å². The smallest absolute Gasteiger partial charge is 0.189 e. The molecular formula is C20H20O5. The van der Waals surface area contributed by atoms with Crippen LogP contribution >= 0.6 is 0 Å². The molecule has 5 nitrogen and oxygen atoms in total. The van der Waals surface area contributed by atoms with Crippen LogP contribution < -0.4 is 9.47 Å². The lowest BCUT2D eigenvalue weighted by atomic mass is 10.0. The first-order valence-corrected chi connectivity index (χ1v) is 8.17. The number of hydrogen-bond donors (Lipinski definition) is 2. The summed E-state index contributed by atoms with van der Waals surface area (Å²) in [6.45, 7) is 4.82. The highest BCUT2D eigenvalue weighted by molar-refractivity contribution is 6.09. The van der Waals surface area contributed by atoms with Crippen molar-refractivity contribution in [1.29, 1.82) is 0 Å². The van der Waals surface area contributed by atoms with Crippen LogP contribution in [0.2, 0.25) is 0 Å². The molecule has 5 heteroatoms. The van der Waals surface area contributed by atoms with Gasteiger partial charge in [0.25, 0.3) is 0 Å². The van der Waals surface area contributed by atoms with Gasteiger partial charge >= 0.3 is 0 Å². The minimum atomic E-state index is -0.332. The van der Waals surface area contributed by atoms with Crippen molar-refractivity contribution in [2.24, 2.45) is 0 Å². The molecule has 0 radical (unpaired) electrons. The van der Waals surface area contributed by atoms with E-state index in [0.717, 1.165) is 11.1 Å². The first-order valence-electron chi connectivity index (χ1n) is 8.17. The van der Waals surface area contributed by atoms with E-state index >= 15 is 0 Å². The van der Waals surface area contributed by atoms with Crippen molar-refractivity contribution in [3.8, 4) is 23.0 Å². The minimum Gasteiger partial charge on any atom is -0.508 e. The van der Waals surface area contributed by atoms with E-state index in [1.54, 1.807) is 6.08 Å². The first kappa shape index (κ1) is 16.9. The number of ketones is 1. The summed E-state index contributed by atoms with van der Waals surface area (Å²) in [7, 11) is 0. The number of carbonyl (C=O) groups excluding carboxylic acids is 1. The summed E-state index contributed by atoms with van der Waals surface area (Å²) in [4.78, 5) is 12.4. The number of ether oxygens (including phenoxy) is 2. The van der Waals surface area contributed by atoms with Crippen LogP contribution in [0.5, 0.6) is 23.0 Å². The highest BCUT2D eigenvalue weighted by Gasteiger charge is 2.15. The Morgan fingerprint density at radius 2 is 1.76 bits per heavy atom. The van der Waals surface area contributed by atoms with Gasteiger partial charge in [0.05, 0.1) is 5.56 Å². The van der Waals surface area contributed by atoms with Crippen molar-refractivity contribution >= 4 is 11.9 Å². The highest BCUT2D eigenvalue weighted by atomic mass is 16.6. The summed E-state index contributed by atoms with van der Waals surface area (Å²) in [5, 5.41) is 19.7. The third-order valence-corrected chi connectivity index (χ3v) is 4.19. The van der Waals surface area contributed by atoms with Crippen LogP contribution in [0, 0.1) is 6.92 Å². The predicted octanol–water partition coefficient (Wildman–Crippen LogP) is 3.64. The molecule has 2 N–H and O–H groups in total. The zero-order valence-electron chi connectivity index (χ0n) is 14.2. The Morgan fingerprint density at radius 3 is 2.44 bits per heavy atom. The van der Waals surface area contributed by atoms with Crippen LogP contribution in [-0.2, 0) is 6.42 Å². The maximum absolute atomic E-state index is 12.4. The van der Waals surface area contributed by atoms with E-state index in [1.165, 1.54) is 18.2 Å². The first-order chi connectivity index (χ1) is 12.0. The average molecular weight is 340 g/mol. The Morgan fingerprint density at radius 1 is 1.08 bits per heavy atom. The molecule has 0 saturated carbocycles. The van der Waals surface area contributed by atoms with Gasteiger partial charge in [-0.05, 0) is 54.3 Å². The topological polar surface area (TPSA) is 76.0 Å². The lowest BCUT2D eigenvalue weighted by molar-refractivity contribution is 0.104. The summed E-state index contributed by atoms with van der Waals surface area (Å²) in [6.07, 6.45) is 3.66. The number of aromatic hydroxyl groups is 2. The van der Waals surface area contributed by atoms with E-state index in [-0.39, 0.29) is 22.8 Å². The second-order valence-electron chi connectivity index (χ2n) is 5.90. The lowest BCUT2D eigenvalue weighted by Gasteiger charge is -2.19. The number of carbonyl (C=O) groups is 1. The molecule has 25 heavy (non-hydrogen) atoms. The summed E-state index contributed by atoms with van der Waals surface area (Å²) < 4.78 is 11.1. The van der Waals surface area contributed by atoms with Crippen molar-refractivity contribution in [3.05, 3.63) is 52.6 Å². The number of rotatable bonds is 4. The molecule has 1 aliphatic rings. The number of allylic oxidation sites excluding steroid dienone is 1. The van der Waals surface area contributed by atoms with Crippen molar-refractivity contribution in [1.82, 2.24) is 0 Å². The molecule has 0 bridgehead atoms. The van der Waals surface area contributed by atoms with Gasteiger partial charge in [0.1, 0.15) is 24.7 Å². The van der Waals surface area contributed by atoms with Crippen LogP contribution in [0.3, 0.4) is 0 Å². The van der Waals surface area contributed by atoms with Crippen molar-refractivity contribution in [3.63, 3.8) is 0 Å². The van der Waals surface area contributed by atoms with Gasteiger partial charge in [-0.1, -0.05) is 13.0 Å². The number of aryl methyl sites for hydroxylation is 2. The molecule has 2 aromatic carbocycles. The van der Waals surface area contributed by atoms with Gasteiger partial charge in [0, 0.05) is 6.07 Å². The third-order valence-electron chi connectivity index (χ3n) is 4.19. The fourth-order valence-electron chi connectivity index (χ4n) is 2.74. The van der Waals surface area contributed by atoms with Gasteiger partial charge in [-0.25, -0.2) is 0 Å². The van der Waals surface area contributed by atoms with E-state index in [0.29, 0.717) is 36.7 Å². The van der Waals surface area contributed by atoms with Gasteiger partial charge in [0.15, 0.2) is 17.3 Å². The molecule has 2 aromatic rings. The van der Waals surface area contributed by atoms with Crippen LogP contribution in [-0.4, -0.2) is 29.2 Å². The number of phenolic OH excluding ortho intramolecular Hbond substituents is 2. The van der Waals surface area contributed by atoms with Crippen LogP contribution in [0.1, 0.15) is 34.0 Å². The van der Waals surface area contributed by atoms with Gasteiger partial charge in [-0.3, -0.25) is 4.79 Å². The largest absolute Gasteiger partial charge is 0.508 e. The summed E-state index contributed by atoms with van der Waals surface area (Å²) >= 11 is 0. The molecular weight excluding hydrogens is 320 g/mol. The number of fused-ring (bicyclic) bond motifs is 1. The van der Waals surface area contributed by atoms with E-state index < -0.39 is 0 Å². The van der Waals surface area contributed by atoms with Gasteiger partial charge < -0.3 is 19.7 Å². The molecule has 130 valence electrons. The standard InChI is InChI=1S/C20H20O5/c1-3-13-9-15(18(23)11-17(13)22)16(21)5-4-14-10-20-19(8-12(14)2)24-6-7-25-20/h4-5,8-11,22-23H,3,6-7H2,1-2H3. The Hall–Kier alpha value is -2.95. The predicted molar refractivity (Wildman–Crippen MR) is 94.7 cm³/mol. The minimum absolute atomic E-state index is 0.0109. The van der Waals surface area contributed by atoms with Gasteiger partial charge in [-0.15, -0.1) is 0 Å². The second kappa shape index (κ2) is 6.89. The molecule has 0 saturated heterocycles. The fourth-order valence-corrected chi connectivity index (χ4v) is 2.74. The summed E-state index contributed by atoms with van der Waals surface area (Å²) in [6, 6.07) is 6.44. The molecule has 0 fully saturated rings. The summed E-state index contributed by atoms with van der Waals surface area (Å²) in [5.74, 6) is 0.786. The highest BCUT2D eigenvalue weighted by Crippen LogP contribution is 2.34. The van der Waals surface area contributed by atoms with Crippen molar-refractivity contribution < 1.29 is 24.5 Å². The Balaban J connectivity index is 1.88. The molecule has 0 atom stereocenters. The Labute approximate surface area is 146 Å². The molecule has 1 heterocycles. The van der Waals surface area contributed by atoms with E-state index in [1.807, 2.05) is 26.0 Å². The Kier molecular flexibility index (Phi) is 4.65. The monoisotopic (exact) mass is 340 g/mol. The van der Waals surface area contributed by atoms with Crippen LogP contribution in [0.25, 0.3) is 6.08 Å². The van der Waals surface area contributed by atoms with Gasteiger partial charge in [0.2, 0.25) is 0 Å². The van der Waals surface area contributed by atoms with Crippen molar-refractivity contribution in [2.75, 3.05) is 13.2 Å². The second-order valence-corrected chi connectivity index (χ2v) is 5.90. The van der Waals surface area contributed by atoms with Crippen molar-refractivity contribution in [2.45, 2.75) is 20.3 Å². The zero-order valence-corrected chi connectivity index (χ0v) is 14.2. The molecule has 0 aromatic heterocycles. The molecule has 3 rings (SSSR count). The molecule has 1 aliphatic heterocycles. The SMILES string of the molecule is CCc1cc(C(=O)C=Cc2cc3c(cc2C)OCCO3)c(O)cc1O. The summed E-state index contributed by atoms with van der Waals surface area (Å²) in [5.41, 5.74) is 2.58. The number of benzene rings is 2. The van der Waals surface area contributed by atoms with E-state index in [2.05, 4.69) is 0 Å². The maximum Gasteiger partial charge on any atom is 0.189 e. The molecule has 0 amide bonds. The number of phenols is 2. The van der Waals surface area contributed by atoms with E-state index in [4.69, 9.17) is 9.47 Å². The van der Waals surface area contributed by atoms with Crippen LogP contribution in [0.4, 0.5) is 0 Å². The molecule has 0 spiro atoms. The number of hydrogen-bond acceptors (Lipinski definition) is 5. The third kappa shape index (κ3) is 3.45. The maximum atomic E-state index is 12.4. The average Bonchev–Trinajstić information content (AvgIpc) is 2.59. The Bertz CT molecular complexity index is 852. The molecule has 0 unspecified atom stereocenters. The van der Waals surface area contributed by atoms with E-state index in [9.17, 15) is 15.0 Å². The lowest BCUT2D eigenvalue weighted by Crippen LogP contribution is -2.15. The fraction of sp³-hybridized carbons (Fsp3) is 0.250. The zero-order chi connectivity index (χ0) is 18.0. The quantitative estimate of drug-likeness (QED) is 0.656. The normalized spacial score (nSPS) is 13.2.